The van der Waals surface area contributed by atoms with Crippen molar-refractivity contribution in [2.75, 3.05) is 20.4 Å². The Kier molecular flexibility index (Phi) is 3.14. The molecule has 0 aromatic heterocycles. The largest absolute Gasteiger partial charge is 0.454 e. The quantitative estimate of drug-likeness (QED) is 0.885. The lowest BCUT2D eigenvalue weighted by atomic mass is 9.91. The van der Waals surface area contributed by atoms with E-state index in [0.29, 0.717) is 12.6 Å². The van der Waals surface area contributed by atoms with Crippen LogP contribution in [0.2, 0.25) is 0 Å². The maximum Gasteiger partial charge on any atom is 0.231 e. The van der Waals surface area contributed by atoms with Crippen molar-refractivity contribution in [3.63, 3.8) is 0 Å². The number of aliphatic hydroxyl groups excluding tert-OH is 1. The molecule has 4 nitrogen and oxygen atoms in total. The molecule has 1 unspecified atom stereocenters. The van der Waals surface area contributed by atoms with Gasteiger partial charge < -0.3 is 19.5 Å². The van der Waals surface area contributed by atoms with E-state index < -0.39 is 6.10 Å². The fraction of sp³-hybridized carbons (Fsp3) is 0.571. The van der Waals surface area contributed by atoms with E-state index in [-0.39, 0.29) is 6.79 Å². The van der Waals surface area contributed by atoms with Crippen LogP contribution in [-0.4, -0.2) is 36.4 Å². The first-order chi connectivity index (χ1) is 8.74. The van der Waals surface area contributed by atoms with Gasteiger partial charge in [0.15, 0.2) is 11.5 Å². The molecule has 4 heteroatoms. The number of ether oxygens (including phenoxy) is 2. The van der Waals surface area contributed by atoms with Crippen LogP contribution in [-0.2, 0) is 0 Å². The van der Waals surface area contributed by atoms with Crippen LogP contribution in [0.4, 0.5) is 0 Å². The summed E-state index contributed by atoms with van der Waals surface area (Å²) in [5.74, 6) is 1.50. The third kappa shape index (κ3) is 2.18. The highest BCUT2D eigenvalue weighted by atomic mass is 16.7. The molecule has 18 heavy (non-hydrogen) atoms. The molecule has 1 heterocycles. The van der Waals surface area contributed by atoms with Gasteiger partial charge in [-0.25, -0.2) is 0 Å². The van der Waals surface area contributed by atoms with E-state index in [1.165, 1.54) is 19.3 Å². The summed E-state index contributed by atoms with van der Waals surface area (Å²) in [6.07, 6.45) is 3.36. The molecule has 1 N–H and O–H groups in total. The molecular weight excluding hydrogens is 230 g/mol. The number of hydrogen-bond acceptors (Lipinski definition) is 4. The third-order valence-corrected chi connectivity index (χ3v) is 3.94. The number of nitrogens with zero attached hydrogens (tertiary/aromatic N) is 1. The molecule has 0 radical (unpaired) electrons. The average molecular weight is 249 g/mol. The minimum Gasteiger partial charge on any atom is -0.454 e. The number of likely N-dealkylation sites (N-methyl/N-ethyl adjacent to an activating group) is 1. The van der Waals surface area contributed by atoms with Crippen LogP contribution < -0.4 is 9.47 Å². The number of hydrogen-bond donors (Lipinski definition) is 1. The first-order valence-corrected chi connectivity index (χ1v) is 6.52. The van der Waals surface area contributed by atoms with Crippen LogP contribution in [0, 0.1) is 0 Å². The van der Waals surface area contributed by atoms with Crippen molar-refractivity contribution in [3.8, 4) is 11.5 Å². The van der Waals surface area contributed by atoms with Crippen LogP contribution >= 0.6 is 0 Å². The molecule has 1 saturated carbocycles. The van der Waals surface area contributed by atoms with Gasteiger partial charge in [0.25, 0.3) is 0 Å². The summed E-state index contributed by atoms with van der Waals surface area (Å²) in [6, 6.07) is 6.30. The zero-order chi connectivity index (χ0) is 12.5. The molecule has 1 fully saturated rings. The summed E-state index contributed by atoms with van der Waals surface area (Å²) in [7, 11) is 2.08. The van der Waals surface area contributed by atoms with E-state index in [2.05, 4.69) is 11.9 Å². The molecule has 3 rings (SSSR count). The summed E-state index contributed by atoms with van der Waals surface area (Å²) in [6.45, 7) is 0.946. The van der Waals surface area contributed by atoms with Gasteiger partial charge in [0.05, 0.1) is 6.10 Å². The highest BCUT2D eigenvalue weighted by Gasteiger charge is 2.24. The Labute approximate surface area is 107 Å². The molecule has 0 amide bonds. The lowest BCUT2D eigenvalue weighted by molar-refractivity contribution is 0.0775. The number of aliphatic hydroxyl groups is 1. The maximum atomic E-state index is 10.3. The van der Waals surface area contributed by atoms with Crippen LogP contribution in [0.3, 0.4) is 0 Å². The molecule has 1 atom stereocenters. The van der Waals surface area contributed by atoms with E-state index in [1.807, 2.05) is 18.2 Å². The van der Waals surface area contributed by atoms with Crippen LogP contribution in [0.25, 0.3) is 0 Å². The fourth-order valence-electron chi connectivity index (χ4n) is 2.48. The predicted molar refractivity (Wildman–Crippen MR) is 67.8 cm³/mol. The lowest BCUT2D eigenvalue weighted by Crippen LogP contribution is -2.39. The average Bonchev–Trinajstić information content (AvgIpc) is 2.72. The molecule has 0 bridgehead atoms. The first-order valence-electron chi connectivity index (χ1n) is 6.52. The summed E-state index contributed by atoms with van der Waals surface area (Å²) in [5, 5.41) is 10.3. The molecular formula is C14H19NO3. The molecule has 1 aromatic rings. The first kappa shape index (κ1) is 11.8. The minimum absolute atomic E-state index is 0.275. The van der Waals surface area contributed by atoms with E-state index in [4.69, 9.17) is 9.47 Å². The topological polar surface area (TPSA) is 41.9 Å². The van der Waals surface area contributed by atoms with Crippen LogP contribution in [0.1, 0.15) is 30.9 Å². The van der Waals surface area contributed by atoms with E-state index in [1.54, 1.807) is 0 Å². The third-order valence-electron chi connectivity index (χ3n) is 3.94. The van der Waals surface area contributed by atoms with E-state index in [9.17, 15) is 5.11 Å². The highest BCUT2D eigenvalue weighted by Crippen LogP contribution is 2.34. The van der Waals surface area contributed by atoms with Crippen molar-refractivity contribution in [2.45, 2.75) is 31.4 Å². The molecule has 98 valence electrons. The van der Waals surface area contributed by atoms with Crippen molar-refractivity contribution in [2.24, 2.45) is 0 Å². The van der Waals surface area contributed by atoms with Gasteiger partial charge in [-0.1, -0.05) is 12.5 Å². The minimum atomic E-state index is -0.468. The monoisotopic (exact) mass is 249 g/mol. The van der Waals surface area contributed by atoms with Gasteiger partial charge in [-0.05, 0) is 37.6 Å². The Hall–Kier alpha value is -1.26. The standard InChI is InChI=1S/C14H19NO3/c1-15(11-3-2-4-11)8-12(16)10-5-6-13-14(7-10)18-9-17-13/h5-7,11-12,16H,2-4,8-9H2,1H3. The maximum absolute atomic E-state index is 10.3. The van der Waals surface area contributed by atoms with Crippen LogP contribution in [0.5, 0.6) is 11.5 Å². The van der Waals surface area contributed by atoms with Gasteiger partial charge in [0.1, 0.15) is 0 Å². The smallest absolute Gasteiger partial charge is 0.231 e. The molecule has 1 aromatic carbocycles. The second kappa shape index (κ2) is 4.78. The molecule has 0 saturated heterocycles. The second-order valence-electron chi connectivity index (χ2n) is 5.15. The zero-order valence-corrected chi connectivity index (χ0v) is 10.6. The number of fused-ring (bicyclic) bond motifs is 1. The Balaban J connectivity index is 1.66. The number of benzene rings is 1. The Bertz CT molecular complexity index is 431. The van der Waals surface area contributed by atoms with Crippen LogP contribution in [0.15, 0.2) is 18.2 Å². The highest BCUT2D eigenvalue weighted by molar-refractivity contribution is 5.45. The lowest BCUT2D eigenvalue weighted by Gasteiger charge is -2.35. The van der Waals surface area contributed by atoms with Crippen molar-refractivity contribution in [3.05, 3.63) is 23.8 Å². The van der Waals surface area contributed by atoms with Gasteiger partial charge in [0.2, 0.25) is 6.79 Å². The SMILES string of the molecule is CN(CC(O)c1ccc2c(c1)OCO2)C1CCC1. The zero-order valence-electron chi connectivity index (χ0n) is 10.6. The summed E-state index contributed by atoms with van der Waals surface area (Å²) < 4.78 is 10.6. The molecule has 0 spiro atoms. The normalized spacial score (nSPS) is 19.9. The van der Waals surface area contributed by atoms with Gasteiger partial charge >= 0.3 is 0 Å². The molecule has 1 aliphatic heterocycles. The van der Waals surface area contributed by atoms with Gasteiger partial charge in [-0.3, -0.25) is 0 Å². The summed E-state index contributed by atoms with van der Waals surface area (Å²) >= 11 is 0. The molecule has 2 aliphatic rings. The van der Waals surface area contributed by atoms with Gasteiger partial charge in [-0.2, -0.15) is 0 Å². The van der Waals surface area contributed by atoms with E-state index >= 15 is 0 Å². The van der Waals surface area contributed by atoms with Crippen molar-refractivity contribution < 1.29 is 14.6 Å². The fourth-order valence-corrected chi connectivity index (χ4v) is 2.48. The predicted octanol–water partition coefficient (Wildman–Crippen LogP) is 1.93. The Morgan fingerprint density at radius 1 is 1.33 bits per heavy atom. The second-order valence-corrected chi connectivity index (χ2v) is 5.15. The molecule has 1 aliphatic carbocycles. The number of rotatable bonds is 4. The van der Waals surface area contributed by atoms with Gasteiger partial charge in [0, 0.05) is 12.6 Å². The van der Waals surface area contributed by atoms with Crippen molar-refractivity contribution in [1.29, 1.82) is 0 Å². The van der Waals surface area contributed by atoms with Crippen molar-refractivity contribution in [1.82, 2.24) is 4.90 Å². The summed E-state index contributed by atoms with van der Waals surface area (Å²) in [5.41, 5.74) is 0.894. The van der Waals surface area contributed by atoms with Crippen molar-refractivity contribution >= 4 is 0 Å². The van der Waals surface area contributed by atoms with Gasteiger partial charge in [-0.15, -0.1) is 0 Å². The Morgan fingerprint density at radius 3 is 2.83 bits per heavy atom. The summed E-state index contributed by atoms with van der Waals surface area (Å²) in [4.78, 5) is 2.25. The Morgan fingerprint density at radius 2 is 2.11 bits per heavy atom. The van der Waals surface area contributed by atoms with E-state index in [0.717, 1.165) is 17.1 Å².